The van der Waals surface area contributed by atoms with Gasteiger partial charge in [0.25, 0.3) is 5.91 Å². The topological polar surface area (TPSA) is 36.1 Å². The van der Waals surface area contributed by atoms with Crippen LogP contribution in [0.3, 0.4) is 0 Å². The predicted molar refractivity (Wildman–Crippen MR) is 108 cm³/mol. The van der Waals surface area contributed by atoms with Gasteiger partial charge in [0.2, 0.25) is 0 Å². The van der Waals surface area contributed by atoms with Crippen LogP contribution in [0.15, 0.2) is 65.7 Å². The third-order valence-corrected chi connectivity index (χ3v) is 5.63. The van der Waals surface area contributed by atoms with E-state index < -0.39 is 0 Å². The smallest absolute Gasteiger partial charge is 0.266 e. The minimum Gasteiger partial charge on any atom is -0.361 e. The lowest BCUT2D eigenvalue weighted by Gasteiger charge is -2.13. The summed E-state index contributed by atoms with van der Waals surface area (Å²) in [6, 6.07) is 18.1. The van der Waals surface area contributed by atoms with Gasteiger partial charge in [-0.2, -0.15) is 0 Å². The molecule has 4 rings (SSSR count). The van der Waals surface area contributed by atoms with Crippen LogP contribution >= 0.6 is 24.0 Å². The highest BCUT2D eigenvalue weighted by Crippen LogP contribution is 2.32. The lowest BCUT2D eigenvalue weighted by molar-refractivity contribution is -0.122. The van der Waals surface area contributed by atoms with Crippen molar-refractivity contribution >= 4 is 51.2 Å². The number of nitrogens with one attached hydrogen (secondary N) is 1. The first kappa shape index (κ1) is 16.1. The number of fused-ring (bicyclic) bond motifs is 1. The molecule has 1 fully saturated rings. The molecule has 1 amide bonds. The third kappa shape index (κ3) is 3.25. The minimum atomic E-state index is -0.00121. The maximum Gasteiger partial charge on any atom is 0.266 e. The number of aromatic amines is 1. The van der Waals surface area contributed by atoms with E-state index in [-0.39, 0.29) is 5.91 Å². The highest BCUT2D eigenvalue weighted by molar-refractivity contribution is 8.26. The Kier molecular flexibility index (Phi) is 4.42. The Balaban J connectivity index is 1.50. The summed E-state index contributed by atoms with van der Waals surface area (Å²) in [4.78, 5) is 18.4. The summed E-state index contributed by atoms with van der Waals surface area (Å²) in [5.74, 6) is -0.00121. The number of hydrogen-bond donors (Lipinski definition) is 1. The van der Waals surface area contributed by atoms with Gasteiger partial charge in [0.1, 0.15) is 4.32 Å². The summed E-state index contributed by atoms with van der Waals surface area (Å²) >= 11 is 6.80. The second-order valence-corrected chi connectivity index (χ2v) is 7.53. The molecule has 1 aromatic heterocycles. The van der Waals surface area contributed by atoms with Gasteiger partial charge in [-0.25, -0.2) is 0 Å². The zero-order valence-electron chi connectivity index (χ0n) is 13.4. The van der Waals surface area contributed by atoms with E-state index in [9.17, 15) is 4.79 Å². The molecule has 2 aromatic carbocycles. The fourth-order valence-electron chi connectivity index (χ4n) is 2.96. The van der Waals surface area contributed by atoms with Gasteiger partial charge in [-0.15, -0.1) is 0 Å². The molecule has 1 aliphatic heterocycles. The largest absolute Gasteiger partial charge is 0.361 e. The van der Waals surface area contributed by atoms with Crippen LogP contribution in [0.2, 0.25) is 0 Å². The number of H-pyrrole nitrogens is 1. The average Bonchev–Trinajstić information content (AvgIpc) is 3.16. The minimum absolute atomic E-state index is 0.00121. The Hall–Kier alpha value is -2.37. The summed E-state index contributed by atoms with van der Waals surface area (Å²) in [6.45, 7) is 0.596. The molecule has 1 aliphatic rings. The Labute approximate surface area is 155 Å². The Morgan fingerprint density at radius 2 is 1.84 bits per heavy atom. The molecular weight excluding hydrogens is 348 g/mol. The number of rotatable bonds is 4. The van der Waals surface area contributed by atoms with Gasteiger partial charge in [-0.05, 0) is 29.7 Å². The summed E-state index contributed by atoms with van der Waals surface area (Å²) in [6.07, 6.45) is 4.70. The SMILES string of the molecule is O=C1/C(=C/c2ccccc2)SC(=S)N1CCc1c[nH]c2ccccc12. The van der Waals surface area contributed by atoms with Crippen LogP contribution < -0.4 is 0 Å². The zero-order chi connectivity index (χ0) is 17.2. The van der Waals surface area contributed by atoms with Gasteiger partial charge >= 0.3 is 0 Å². The molecule has 0 atom stereocenters. The van der Waals surface area contributed by atoms with Crippen LogP contribution in [-0.2, 0) is 11.2 Å². The highest BCUT2D eigenvalue weighted by atomic mass is 32.2. The second kappa shape index (κ2) is 6.86. The lowest BCUT2D eigenvalue weighted by Crippen LogP contribution is -2.30. The molecule has 5 heteroatoms. The van der Waals surface area contributed by atoms with Crippen LogP contribution in [0.4, 0.5) is 0 Å². The monoisotopic (exact) mass is 364 g/mol. The Morgan fingerprint density at radius 3 is 2.68 bits per heavy atom. The molecule has 0 spiro atoms. The van der Waals surface area contributed by atoms with Crippen molar-refractivity contribution in [2.24, 2.45) is 0 Å². The number of benzene rings is 2. The van der Waals surface area contributed by atoms with E-state index in [1.165, 1.54) is 22.7 Å². The van der Waals surface area contributed by atoms with Gasteiger partial charge in [0.05, 0.1) is 4.91 Å². The number of amides is 1. The van der Waals surface area contributed by atoms with Gasteiger partial charge in [-0.3, -0.25) is 9.69 Å². The number of hydrogen-bond acceptors (Lipinski definition) is 3. The number of carbonyl (C=O) groups is 1. The number of thiocarbonyl (C=S) groups is 1. The quantitative estimate of drug-likeness (QED) is 0.542. The first-order valence-corrected chi connectivity index (χ1v) is 9.30. The molecule has 1 saturated heterocycles. The maximum atomic E-state index is 12.7. The molecule has 3 nitrogen and oxygen atoms in total. The van der Waals surface area contributed by atoms with Crippen molar-refractivity contribution in [3.63, 3.8) is 0 Å². The first-order valence-electron chi connectivity index (χ1n) is 8.08. The molecule has 2 heterocycles. The Bertz CT molecular complexity index is 976. The number of nitrogens with zero attached hydrogens (tertiary/aromatic N) is 1. The van der Waals surface area contributed by atoms with E-state index in [4.69, 9.17) is 12.2 Å². The number of carbonyl (C=O) groups excluding carboxylic acids is 1. The fraction of sp³-hybridized carbons (Fsp3) is 0.100. The summed E-state index contributed by atoms with van der Waals surface area (Å²) < 4.78 is 0.632. The average molecular weight is 364 g/mol. The molecular formula is C20H16N2OS2. The van der Waals surface area contributed by atoms with Gasteiger partial charge < -0.3 is 4.98 Å². The molecule has 3 aromatic rings. The standard InChI is InChI=1S/C20H16N2OS2/c23-19-18(12-14-6-2-1-3-7-14)25-20(24)22(19)11-10-15-13-21-17-9-5-4-8-16(15)17/h1-9,12-13,21H,10-11H2/b18-12-. The Morgan fingerprint density at radius 1 is 1.08 bits per heavy atom. The summed E-state index contributed by atoms with van der Waals surface area (Å²) in [5.41, 5.74) is 3.34. The van der Waals surface area contributed by atoms with E-state index in [1.807, 2.05) is 54.7 Å². The fourth-order valence-corrected chi connectivity index (χ4v) is 4.27. The molecule has 25 heavy (non-hydrogen) atoms. The van der Waals surface area contributed by atoms with Crippen molar-refractivity contribution in [3.8, 4) is 0 Å². The predicted octanol–water partition coefficient (Wildman–Crippen LogP) is 4.61. The van der Waals surface area contributed by atoms with E-state index in [2.05, 4.69) is 17.1 Å². The third-order valence-electron chi connectivity index (χ3n) is 4.25. The van der Waals surface area contributed by atoms with Crippen LogP contribution in [0.5, 0.6) is 0 Å². The van der Waals surface area contributed by atoms with E-state index >= 15 is 0 Å². The zero-order valence-corrected chi connectivity index (χ0v) is 15.1. The maximum absolute atomic E-state index is 12.7. The van der Waals surface area contributed by atoms with Crippen LogP contribution in [0, 0.1) is 0 Å². The number of thioether (sulfide) groups is 1. The van der Waals surface area contributed by atoms with E-state index in [1.54, 1.807) is 4.90 Å². The molecule has 1 N–H and O–H groups in total. The molecule has 0 radical (unpaired) electrons. The van der Waals surface area contributed by atoms with Crippen molar-refractivity contribution < 1.29 is 4.79 Å². The molecule has 0 unspecified atom stereocenters. The van der Waals surface area contributed by atoms with Crippen LogP contribution in [-0.4, -0.2) is 26.7 Å². The highest BCUT2D eigenvalue weighted by Gasteiger charge is 2.31. The van der Waals surface area contributed by atoms with Gasteiger partial charge in [0, 0.05) is 23.6 Å². The molecule has 0 bridgehead atoms. The number of para-hydroxylation sites is 1. The van der Waals surface area contributed by atoms with Gasteiger partial charge in [0.15, 0.2) is 0 Å². The van der Waals surface area contributed by atoms with Gasteiger partial charge in [-0.1, -0.05) is 72.5 Å². The van der Waals surface area contributed by atoms with Crippen molar-refractivity contribution in [1.82, 2.24) is 9.88 Å². The summed E-state index contributed by atoms with van der Waals surface area (Å²) in [7, 11) is 0. The van der Waals surface area contributed by atoms with Crippen molar-refractivity contribution in [1.29, 1.82) is 0 Å². The van der Waals surface area contributed by atoms with Crippen LogP contribution in [0.1, 0.15) is 11.1 Å². The number of aromatic nitrogens is 1. The van der Waals surface area contributed by atoms with Crippen molar-refractivity contribution in [2.75, 3.05) is 6.54 Å². The normalized spacial score (nSPS) is 16.3. The van der Waals surface area contributed by atoms with E-state index in [0.29, 0.717) is 15.8 Å². The lowest BCUT2D eigenvalue weighted by atomic mass is 10.1. The molecule has 124 valence electrons. The van der Waals surface area contributed by atoms with E-state index in [0.717, 1.165) is 17.5 Å². The van der Waals surface area contributed by atoms with Crippen molar-refractivity contribution in [2.45, 2.75) is 6.42 Å². The van der Waals surface area contributed by atoms with Crippen LogP contribution in [0.25, 0.3) is 17.0 Å². The first-order chi connectivity index (χ1) is 12.2. The molecule has 0 saturated carbocycles. The molecule has 0 aliphatic carbocycles. The van der Waals surface area contributed by atoms with Crippen molar-refractivity contribution in [3.05, 3.63) is 76.8 Å². The summed E-state index contributed by atoms with van der Waals surface area (Å²) in [5, 5.41) is 1.20. The second-order valence-electron chi connectivity index (χ2n) is 5.85.